The van der Waals surface area contributed by atoms with E-state index >= 15 is 0 Å². The van der Waals surface area contributed by atoms with Crippen molar-refractivity contribution in [1.82, 2.24) is 0 Å². The van der Waals surface area contributed by atoms with E-state index in [-0.39, 0.29) is 47.3 Å². The number of rotatable bonds is 7. The minimum atomic E-state index is -6.73. The van der Waals surface area contributed by atoms with Crippen molar-refractivity contribution in [1.29, 1.82) is 0 Å². The molecule has 49 heavy (non-hydrogen) atoms. The Kier molecular flexibility index (Phi) is 10.1. The van der Waals surface area contributed by atoms with Crippen LogP contribution in [0.1, 0.15) is 58.4 Å². The highest BCUT2D eigenvalue weighted by Gasteiger charge is 2.66. The number of halogens is 5. The van der Waals surface area contributed by atoms with Gasteiger partial charge in [-0.3, -0.25) is 9.59 Å². The van der Waals surface area contributed by atoms with Crippen LogP contribution < -0.4 is 0 Å². The van der Waals surface area contributed by atoms with E-state index in [1.54, 1.807) is 0 Å². The lowest BCUT2D eigenvalue weighted by molar-refractivity contribution is -0.265. The molecule has 0 spiro atoms. The van der Waals surface area contributed by atoms with Gasteiger partial charge < -0.3 is 9.29 Å². The second-order valence-corrected chi connectivity index (χ2v) is 17.6. The number of esters is 1. The zero-order chi connectivity index (χ0) is 36.0. The molecular formula is C36H37F5O6S2. The van der Waals surface area contributed by atoms with Crippen LogP contribution in [0.3, 0.4) is 0 Å². The van der Waals surface area contributed by atoms with Gasteiger partial charge >= 0.3 is 17.4 Å². The van der Waals surface area contributed by atoms with Gasteiger partial charge in [-0.1, -0.05) is 69.3 Å². The van der Waals surface area contributed by atoms with Crippen LogP contribution in [0.4, 0.5) is 22.0 Å². The maximum atomic E-state index is 13.5. The van der Waals surface area contributed by atoms with Crippen LogP contribution in [-0.4, -0.2) is 42.3 Å². The van der Waals surface area contributed by atoms with E-state index in [1.807, 2.05) is 0 Å². The second-order valence-electron chi connectivity index (χ2n) is 14.1. The molecule has 4 aliphatic rings. The summed E-state index contributed by atoms with van der Waals surface area (Å²) in [6.45, 7) is 6.78. The number of hydrogen-bond acceptors (Lipinski definition) is 6. The van der Waals surface area contributed by atoms with E-state index in [9.17, 15) is 44.5 Å². The van der Waals surface area contributed by atoms with Gasteiger partial charge in [0.15, 0.2) is 24.8 Å². The van der Waals surface area contributed by atoms with Gasteiger partial charge in [-0.15, -0.1) is 0 Å². The first-order valence-electron chi connectivity index (χ1n) is 15.8. The van der Waals surface area contributed by atoms with Gasteiger partial charge in [-0.2, -0.15) is 22.0 Å². The molecule has 0 aliphatic heterocycles. The van der Waals surface area contributed by atoms with Crippen molar-refractivity contribution in [2.45, 2.75) is 90.5 Å². The molecule has 0 amide bonds. The molecule has 0 saturated heterocycles. The maximum Gasteiger partial charge on any atom is 0.432 e. The van der Waals surface area contributed by atoms with Gasteiger partial charge in [0.2, 0.25) is 0 Å². The number of Topliss-reactive ketones (excluding diaryl/α,β-unsaturated/α-hetero) is 1. The molecule has 0 heterocycles. The Balaban J connectivity index is 0.000000192. The zero-order valence-electron chi connectivity index (χ0n) is 27.1. The van der Waals surface area contributed by atoms with E-state index < -0.39 is 50.9 Å². The van der Waals surface area contributed by atoms with E-state index in [1.165, 1.54) is 20.2 Å². The van der Waals surface area contributed by atoms with E-state index in [4.69, 9.17) is 0 Å². The first-order valence-corrected chi connectivity index (χ1v) is 18.5. The van der Waals surface area contributed by atoms with Crippen molar-refractivity contribution in [2.75, 3.05) is 0 Å². The van der Waals surface area contributed by atoms with Gasteiger partial charge in [-0.25, -0.2) is 8.42 Å². The predicted octanol–water partition coefficient (Wildman–Crippen LogP) is 8.07. The lowest BCUT2D eigenvalue weighted by Gasteiger charge is -2.54. The highest BCUT2D eigenvalue weighted by molar-refractivity contribution is 7.97. The minimum Gasteiger partial charge on any atom is -0.743 e. The van der Waals surface area contributed by atoms with Crippen molar-refractivity contribution < 1.29 is 49.2 Å². The molecule has 3 atom stereocenters. The molecule has 13 heteroatoms. The molecule has 4 bridgehead atoms. The quantitative estimate of drug-likeness (QED) is 0.106. The van der Waals surface area contributed by atoms with Crippen molar-refractivity contribution in [3.63, 3.8) is 0 Å². The van der Waals surface area contributed by atoms with Crippen LogP contribution >= 0.6 is 0 Å². The van der Waals surface area contributed by atoms with Gasteiger partial charge in [-0.05, 0) is 85.4 Å². The summed E-state index contributed by atoms with van der Waals surface area (Å²) >= 11 is 0. The number of hydrogen-bond donors (Lipinski definition) is 0. The SMILES string of the molecule is CC(C)(C)c1ccc([S+](c2ccccc2)c2ccccc2)cc1.O=C1C2CC3CC1CC(C(=O)OC(C(F)(F)F)C(F)(F)S(=O)(=O)[O-])(C3)C2. The Labute approximate surface area is 285 Å². The molecule has 3 aromatic carbocycles. The van der Waals surface area contributed by atoms with Gasteiger partial charge in [0.1, 0.15) is 5.78 Å². The van der Waals surface area contributed by atoms with Crippen molar-refractivity contribution in [3.05, 3.63) is 90.5 Å². The topological polar surface area (TPSA) is 101 Å². The number of ketones is 1. The molecule has 4 aliphatic carbocycles. The van der Waals surface area contributed by atoms with E-state index in [0.717, 1.165) is 0 Å². The average Bonchev–Trinajstić information content (AvgIpc) is 3.02. The number of alkyl halides is 5. The van der Waals surface area contributed by atoms with Crippen LogP contribution in [0, 0.1) is 23.2 Å². The fourth-order valence-corrected chi connectivity index (χ4v) is 9.83. The fourth-order valence-electron chi connectivity index (χ4n) is 7.30. The first kappa shape index (κ1) is 37.0. The summed E-state index contributed by atoms with van der Waals surface area (Å²) in [4.78, 5) is 28.5. The standard InChI is InChI=1S/C22H23S.C14H15F5O6S/c1-22(2,3)18-14-16-21(17-15-18)23(19-10-6-4-7-11-19)20-12-8-5-9-13-20;15-13(16,17)10(14(18,19)26(22,23)24)25-11(21)12-3-6-1-7(4-12)9(20)8(2-6)5-12/h4-17H,1-3H3;6-8,10H,1-5H2,(H,22,23,24)/q+1;/p-1. The van der Waals surface area contributed by atoms with Crippen molar-refractivity contribution in [2.24, 2.45) is 23.2 Å². The fraction of sp³-hybridized carbons (Fsp3) is 0.444. The van der Waals surface area contributed by atoms with Crippen LogP contribution in [0.2, 0.25) is 0 Å². The largest absolute Gasteiger partial charge is 0.743 e. The van der Waals surface area contributed by atoms with Crippen LogP contribution in [0.15, 0.2) is 99.6 Å². The molecule has 4 saturated carbocycles. The molecule has 0 N–H and O–H groups in total. The van der Waals surface area contributed by atoms with Gasteiger partial charge in [0, 0.05) is 11.8 Å². The third kappa shape index (κ3) is 7.73. The predicted molar refractivity (Wildman–Crippen MR) is 172 cm³/mol. The molecule has 3 aromatic rings. The molecule has 0 aromatic heterocycles. The Morgan fingerprint density at radius 3 is 1.65 bits per heavy atom. The highest BCUT2D eigenvalue weighted by Crippen LogP contribution is 2.59. The summed E-state index contributed by atoms with van der Waals surface area (Å²) in [5.41, 5.74) is 0.0405. The molecule has 7 rings (SSSR count). The maximum absolute atomic E-state index is 13.5. The summed E-state index contributed by atoms with van der Waals surface area (Å²) in [6, 6.07) is 30.7. The number of benzene rings is 3. The van der Waals surface area contributed by atoms with Gasteiger partial charge in [0.05, 0.1) is 16.3 Å². The summed E-state index contributed by atoms with van der Waals surface area (Å²) in [6.07, 6.45) is -9.53. The summed E-state index contributed by atoms with van der Waals surface area (Å²) in [7, 11) is -6.78. The smallest absolute Gasteiger partial charge is 0.432 e. The third-order valence-corrected chi connectivity index (χ3v) is 12.6. The lowest BCUT2D eigenvalue weighted by Crippen LogP contribution is -2.58. The molecule has 4 fully saturated rings. The van der Waals surface area contributed by atoms with E-state index in [2.05, 4.69) is 110 Å². The van der Waals surface area contributed by atoms with Crippen LogP contribution in [0.5, 0.6) is 0 Å². The number of carbonyl (C=O) groups is 2. The Bertz CT molecular complexity index is 1700. The van der Waals surface area contributed by atoms with Crippen molar-refractivity contribution in [3.8, 4) is 0 Å². The Morgan fingerprint density at radius 2 is 1.24 bits per heavy atom. The van der Waals surface area contributed by atoms with Crippen LogP contribution in [-0.2, 0) is 40.8 Å². The van der Waals surface area contributed by atoms with Crippen molar-refractivity contribution >= 4 is 32.8 Å². The summed E-state index contributed by atoms with van der Waals surface area (Å²) < 4.78 is 101. The molecule has 3 unspecified atom stereocenters. The lowest BCUT2D eigenvalue weighted by atomic mass is 9.49. The molecule has 264 valence electrons. The van der Waals surface area contributed by atoms with Gasteiger partial charge in [0.25, 0.3) is 6.10 Å². The molecule has 0 radical (unpaired) electrons. The normalized spacial score (nSPS) is 24.3. The first-order chi connectivity index (χ1) is 22.7. The zero-order valence-corrected chi connectivity index (χ0v) is 28.7. The Morgan fingerprint density at radius 1 is 0.796 bits per heavy atom. The third-order valence-electron chi connectivity index (χ3n) is 9.50. The Hall–Kier alpha value is -3.29. The van der Waals surface area contributed by atoms with E-state index in [0.29, 0.717) is 12.8 Å². The summed E-state index contributed by atoms with van der Waals surface area (Å²) in [5, 5.41) is -5.86. The highest BCUT2D eigenvalue weighted by atomic mass is 32.2. The monoisotopic (exact) mass is 724 g/mol. The van der Waals surface area contributed by atoms with Crippen LogP contribution in [0.25, 0.3) is 0 Å². The summed E-state index contributed by atoms with van der Waals surface area (Å²) in [5.74, 6) is -2.91. The average molecular weight is 725 g/mol. The second kappa shape index (κ2) is 13.4. The number of ether oxygens (including phenoxy) is 1. The molecule has 6 nitrogen and oxygen atoms in total. The molecular weight excluding hydrogens is 688 g/mol. The number of carbonyl (C=O) groups excluding carboxylic acids is 2. The minimum absolute atomic E-state index is 0.0497.